The van der Waals surface area contributed by atoms with Crippen molar-refractivity contribution >= 4 is 0 Å². The quantitative estimate of drug-likeness (QED) is 0.667. The predicted octanol–water partition coefficient (Wildman–Crippen LogP) is 1.22. The zero-order valence-electron chi connectivity index (χ0n) is 8.21. The average Bonchev–Trinajstić information content (AvgIpc) is 2.85. The van der Waals surface area contributed by atoms with Gasteiger partial charge in [0.05, 0.1) is 0 Å². The molecule has 2 rings (SSSR count). The average molecular weight is 168 g/mol. The van der Waals surface area contributed by atoms with Gasteiger partial charge < -0.3 is 10.2 Å². The van der Waals surface area contributed by atoms with Gasteiger partial charge in [0.2, 0.25) is 0 Å². The Morgan fingerprint density at radius 2 is 1.92 bits per heavy atom. The molecule has 2 atom stereocenters. The summed E-state index contributed by atoms with van der Waals surface area (Å²) < 4.78 is 0. The monoisotopic (exact) mass is 168 g/mol. The summed E-state index contributed by atoms with van der Waals surface area (Å²) in [6, 6.07) is 2.51. The van der Waals surface area contributed by atoms with Crippen molar-refractivity contribution in [2.24, 2.45) is 0 Å². The second kappa shape index (κ2) is 3.35. The first-order chi connectivity index (χ1) is 5.77. The molecule has 0 aromatic heterocycles. The summed E-state index contributed by atoms with van der Waals surface area (Å²) in [5.74, 6) is 0. The van der Waals surface area contributed by atoms with Crippen LogP contribution in [0.1, 0.15) is 32.6 Å². The molecule has 1 heterocycles. The lowest BCUT2D eigenvalue weighted by atomic mass is 9.99. The van der Waals surface area contributed by atoms with E-state index in [2.05, 4.69) is 24.2 Å². The molecule has 2 heteroatoms. The summed E-state index contributed by atoms with van der Waals surface area (Å²) in [7, 11) is 2.31. The highest BCUT2D eigenvalue weighted by molar-refractivity contribution is 4.89. The molecule has 1 N–H and O–H groups in total. The van der Waals surface area contributed by atoms with Crippen LogP contribution >= 0.6 is 0 Å². The van der Waals surface area contributed by atoms with Crippen molar-refractivity contribution < 1.29 is 0 Å². The summed E-state index contributed by atoms with van der Waals surface area (Å²) in [6.07, 6.45) is 5.56. The van der Waals surface area contributed by atoms with Gasteiger partial charge in [-0.3, -0.25) is 0 Å². The van der Waals surface area contributed by atoms with Crippen LogP contribution in [0.4, 0.5) is 0 Å². The Balaban J connectivity index is 1.84. The smallest absolute Gasteiger partial charge is 0.0122 e. The van der Waals surface area contributed by atoms with Gasteiger partial charge in [-0.25, -0.2) is 0 Å². The number of rotatable bonds is 2. The van der Waals surface area contributed by atoms with Crippen LogP contribution in [0.5, 0.6) is 0 Å². The number of piperidine rings is 1. The number of nitrogens with zero attached hydrogens (tertiary/aromatic N) is 1. The minimum Gasteiger partial charge on any atom is -0.314 e. The van der Waals surface area contributed by atoms with E-state index in [0.29, 0.717) is 0 Å². The van der Waals surface area contributed by atoms with E-state index in [0.717, 1.165) is 18.1 Å². The molecule has 0 amide bonds. The van der Waals surface area contributed by atoms with Crippen LogP contribution in [-0.2, 0) is 0 Å². The summed E-state index contributed by atoms with van der Waals surface area (Å²) >= 11 is 0. The maximum absolute atomic E-state index is 3.50. The van der Waals surface area contributed by atoms with E-state index < -0.39 is 0 Å². The predicted molar refractivity (Wildman–Crippen MR) is 51.3 cm³/mol. The third-order valence-corrected chi connectivity index (χ3v) is 3.29. The van der Waals surface area contributed by atoms with Crippen molar-refractivity contribution in [1.29, 1.82) is 0 Å². The molecule has 2 aliphatic rings. The lowest BCUT2D eigenvalue weighted by Crippen LogP contribution is -2.46. The molecular formula is C10H20N2. The summed E-state index contributed by atoms with van der Waals surface area (Å²) in [6.45, 7) is 3.51. The standard InChI is InChI=1S/C10H20N2/c1-8-7-10(5-6-11-8)12(2)9-3-4-9/h8-11H,3-7H2,1-2H3. The molecule has 2 fully saturated rings. The fourth-order valence-electron chi connectivity index (χ4n) is 2.26. The SMILES string of the molecule is CC1CC(N(C)C2CC2)CCN1. The Morgan fingerprint density at radius 1 is 1.17 bits per heavy atom. The van der Waals surface area contributed by atoms with E-state index >= 15 is 0 Å². The zero-order valence-corrected chi connectivity index (χ0v) is 8.21. The van der Waals surface area contributed by atoms with Crippen LogP contribution in [0.15, 0.2) is 0 Å². The first-order valence-electron chi connectivity index (χ1n) is 5.22. The summed E-state index contributed by atoms with van der Waals surface area (Å²) in [5, 5.41) is 3.50. The summed E-state index contributed by atoms with van der Waals surface area (Å²) in [5.41, 5.74) is 0. The van der Waals surface area contributed by atoms with E-state index in [1.165, 1.54) is 32.2 Å². The molecule has 0 spiro atoms. The molecule has 0 aromatic carbocycles. The van der Waals surface area contributed by atoms with E-state index in [4.69, 9.17) is 0 Å². The second-order valence-corrected chi connectivity index (χ2v) is 4.43. The van der Waals surface area contributed by atoms with E-state index in [1.54, 1.807) is 0 Å². The topological polar surface area (TPSA) is 15.3 Å². The molecule has 1 aliphatic heterocycles. The van der Waals surface area contributed by atoms with Gasteiger partial charge in [-0.05, 0) is 46.2 Å². The van der Waals surface area contributed by atoms with Crippen LogP contribution in [0.25, 0.3) is 0 Å². The van der Waals surface area contributed by atoms with Gasteiger partial charge in [0.15, 0.2) is 0 Å². The van der Waals surface area contributed by atoms with Gasteiger partial charge in [0, 0.05) is 18.1 Å². The van der Waals surface area contributed by atoms with E-state index in [-0.39, 0.29) is 0 Å². The van der Waals surface area contributed by atoms with Gasteiger partial charge >= 0.3 is 0 Å². The Morgan fingerprint density at radius 3 is 2.50 bits per heavy atom. The van der Waals surface area contributed by atoms with Crippen LogP contribution in [0, 0.1) is 0 Å². The third kappa shape index (κ3) is 1.80. The van der Waals surface area contributed by atoms with Crippen molar-refractivity contribution in [2.45, 2.75) is 50.7 Å². The minimum atomic E-state index is 0.727. The van der Waals surface area contributed by atoms with Gasteiger partial charge in [0.1, 0.15) is 0 Å². The molecule has 2 unspecified atom stereocenters. The molecule has 0 radical (unpaired) electrons. The summed E-state index contributed by atoms with van der Waals surface area (Å²) in [4.78, 5) is 2.61. The van der Waals surface area contributed by atoms with E-state index in [9.17, 15) is 0 Å². The van der Waals surface area contributed by atoms with Crippen molar-refractivity contribution in [3.63, 3.8) is 0 Å². The molecule has 12 heavy (non-hydrogen) atoms. The molecular weight excluding hydrogens is 148 g/mol. The van der Waals surface area contributed by atoms with Gasteiger partial charge in [-0.1, -0.05) is 0 Å². The highest BCUT2D eigenvalue weighted by Gasteiger charge is 2.32. The molecule has 70 valence electrons. The second-order valence-electron chi connectivity index (χ2n) is 4.43. The van der Waals surface area contributed by atoms with Crippen molar-refractivity contribution in [1.82, 2.24) is 10.2 Å². The lowest BCUT2D eigenvalue weighted by Gasteiger charge is -2.34. The van der Waals surface area contributed by atoms with Crippen molar-refractivity contribution in [3.8, 4) is 0 Å². The Hall–Kier alpha value is -0.0800. The highest BCUT2D eigenvalue weighted by Crippen LogP contribution is 2.29. The zero-order chi connectivity index (χ0) is 8.55. The Labute approximate surface area is 75.3 Å². The first-order valence-corrected chi connectivity index (χ1v) is 5.22. The molecule has 1 saturated carbocycles. The van der Waals surface area contributed by atoms with Crippen LogP contribution in [-0.4, -0.2) is 36.6 Å². The van der Waals surface area contributed by atoms with Crippen LogP contribution in [0.2, 0.25) is 0 Å². The van der Waals surface area contributed by atoms with Crippen LogP contribution in [0.3, 0.4) is 0 Å². The largest absolute Gasteiger partial charge is 0.314 e. The maximum Gasteiger partial charge on any atom is 0.0122 e. The number of nitrogens with one attached hydrogen (secondary N) is 1. The molecule has 1 aliphatic carbocycles. The lowest BCUT2D eigenvalue weighted by molar-refractivity contribution is 0.172. The molecule has 1 saturated heterocycles. The number of hydrogen-bond donors (Lipinski definition) is 1. The van der Waals surface area contributed by atoms with Gasteiger partial charge in [0.25, 0.3) is 0 Å². The maximum atomic E-state index is 3.50. The number of hydrogen-bond acceptors (Lipinski definition) is 2. The molecule has 2 nitrogen and oxygen atoms in total. The van der Waals surface area contributed by atoms with Crippen LogP contribution < -0.4 is 5.32 Å². The van der Waals surface area contributed by atoms with Gasteiger partial charge in [-0.2, -0.15) is 0 Å². The van der Waals surface area contributed by atoms with Crippen molar-refractivity contribution in [2.75, 3.05) is 13.6 Å². The first kappa shape index (κ1) is 8.52. The Kier molecular flexibility index (Phi) is 2.37. The highest BCUT2D eigenvalue weighted by atomic mass is 15.2. The Bertz CT molecular complexity index is 154. The molecule has 0 aromatic rings. The normalized spacial score (nSPS) is 37.2. The molecule has 0 bridgehead atoms. The fraction of sp³-hybridized carbons (Fsp3) is 1.00. The van der Waals surface area contributed by atoms with E-state index in [1.807, 2.05) is 0 Å². The van der Waals surface area contributed by atoms with Gasteiger partial charge in [-0.15, -0.1) is 0 Å². The fourth-order valence-corrected chi connectivity index (χ4v) is 2.26. The third-order valence-electron chi connectivity index (χ3n) is 3.29. The minimum absolute atomic E-state index is 0.727. The van der Waals surface area contributed by atoms with Crippen molar-refractivity contribution in [3.05, 3.63) is 0 Å².